The molecule has 0 aliphatic heterocycles. The van der Waals surface area contributed by atoms with Crippen molar-refractivity contribution in [3.05, 3.63) is 35.4 Å². The number of likely N-dealkylation sites (N-methyl/N-ethyl adjacent to an activating group) is 1. The van der Waals surface area contributed by atoms with Crippen molar-refractivity contribution in [2.24, 2.45) is 5.73 Å². The second-order valence-corrected chi connectivity index (χ2v) is 3.84. The second-order valence-electron chi connectivity index (χ2n) is 3.84. The number of nitrogens with zero attached hydrogens (tertiary/aromatic N) is 1. The molecule has 17 heavy (non-hydrogen) atoms. The predicted molar refractivity (Wildman–Crippen MR) is 57.0 cm³/mol. The van der Waals surface area contributed by atoms with Crippen LogP contribution in [0.3, 0.4) is 0 Å². The number of benzene rings is 1. The first-order chi connectivity index (χ1) is 7.79. The van der Waals surface area contributed by atoms with E-state index in [0.717, 1.165) is 12.1 Å². The molecule has 1 amide bonds. The topological polar surface area (TPSA) is 46.3 Å². The lowest BCUT2D eigenvalue weighted by molar-refractivity contribution is -0.137. The average molecular weight is 246 g/mol. The summed E-state index contributed by atoms with van der Waals surface area (Å²) in [5, 5.41) is 0. The standard InChI is InChI=1S/C11H13F3N2O/c1-16(7-10(15)17)6-8-3-2-4-9(5-8)11(12,13)14/h2-5H,6-7H2,1H3,(H2,15,17). The highest BCUT2D eigenvalue weighted by molar-refractivity contribution is 5.75. The number of hydrogen-bond donors (Lipinski definition) is 1. The van der Waals surface area contributed by atoms with Gasteiger partial charge in [0.2, 0.25) is 5.91 Å². The van der Waals surface area contributed by atoms with E-state index >= 15 is 0 Å². The lowest BCUT2D eigenvalue weighted by atomic mass is 10.1. The SMILES string of the molecule is CN(CC(N)=O)Cc1cccc(C(F)(F)F)c1. The van der Waals surface area contributed by atoms with Gasteiger partial charge in [0.15, 0.2) is 0 Å². The van der Waals surface area contributed by atoms with E-state index in [-0.39, 0.29) is 13.1 Å². The van der Waals surface area contributed by atoms with Crippen LogP contribution in [-0.2, 0) is 17.5 Å². The third-order valence-corrected chi connectivity index (χ3v) is 2.13. The van der Waals surface area contributed by atoms with Gasteiger partial charge < -0.3 is 5.73 Å². The highest BCUT2D eigenvalue weighted by Gasteiger charge is 2.30. The first-order valence-electron chi connectivity index (χ1n) is 4.92. The van der Waals surface area contributed by atoms with E-state index in [2.05, 4.69) is 0 Å². The largest absolute Gasteiger partial charge is 0.416 e. The number of rotatable bonds is 4. The van der Waals surface area contributed by atoms with Crippen molar-refractivity contribution >= 4 is 5.91 Å². The zero-order chi connectivity index (χ0) is 13.1. The minimum absolute atomic E-state index is 0.0102. The third kappa shape index (κ3) is 4.44. The normalized spacial score (nSPS) is 11.8. The summed E-state index contributed by atoms with van der Waals surface area (Å²) in [5.41, 5.74) is 4.78. The van der Waals surface area contributed by atoms with Gasteiger partial charge in [0.05, 0.1) is 12.1 Å². The summed E-state index contributed by atoms with van der Waals surface area (Å²) in [6, 6.07) is 5.00. The van der Waals surface area contributed by atoms with Crippen LogP contribution in [0.4, 0.5) is 13.2 Å². The number of carbonyl (C=O) groups is 1. The Bertz CT molecular complexity index is 404. The number of nitrogens with two attached hydrogens (primary N) is 1. The molecule has 0 aliphatic carbocycles. The molecular formula is C11H13F3N2O. The first kappa shape index (κ1) is 13.5. The Morgan fingerprint density at radius 2 is 2.06 bits per heavy atom. The van der Waals surface area contributed by atoms with Crippen LogP contribution in [0.1, 0.15) is 11.1 Å². The van der Waals surface area contributed by atoms with E-state index in [0.29, 0.717) is 5.56 Å². The Labute approximate surface area is 97.0 Å². The smallest absolute Gasteiger partial charge is 0.369 e. The minimum Gasteiger partial charge on any atom is -0.369 e. The summed E-state index contributed by atoms with van der Waals surface area (Å²) < 4.78 is 37.3. The van der Waals surface area contributed by atoms with Gasteiger partial charge in [-0.25, -0.2) is 0 Å². The molecular weight excluding hydrogens is 233 g/mol. The molecule has 0 heterocycles. The summed E-state index contributed by atoms with van der Waals surface area (Å²) in [6.45, 7) is 0.253. The van der Waals surface area contributed by atoms with Crippen LogP contribution in [0, 0.1) is 0 Å². The number of carbonyl (C=O) groups excluding carboxylic acids is 1. The van der Waals surface area contributed by atoms with Gasteiger partial charge in [0, 0.05) is 6.54 Å². The van der Waals surface area contributed by atoms with Gasteiger partial charge in [-0.05, 0) is 18.7 Å². The van der Waals surface area contributed by atoms with Crippen molar-refractivity contribution in [3.63, 3.8) is 0 Å². The van der Waals surface area contributed by atoms with Crippen LogP contribution in [0.2, 0.25) is 0 Å². The predicted octanol–water partition coefficient (Wildman–Crippen LogP) is 1.62. The van der Waals surface area contributed by atoms with Crippen molar-refractivity contribution in [1.82, 2.24) is 4.90 Å². The van der Waals surface area contributed by atoms with E-state index in [4.69, 9.17) is 5.73 Å². The Morgan fingerprint density at radius 1 is 1.41 bits per heavy atom. The van der Waals surface area contributed by atoms with Gasteiger partial charge >= 0.3 is 6.18 Å². The Morgan fingerprint density at radius 3 is 2.59 bits per heavy atom. The highest BCUT2D eigenvalue weighted by Crippen LogP contribution is 2.29. The Hall–Kier alpha value is -1.56. The zero-order valence-electron chi connectivity index (χ0n) is 9.29. The van der Waals surface area contributed by atoms with E-state index in [9.17, 15) is 18.0 Å². The average Bonchev–Trinajstić information content (AvgIpc) is 2.15. The fraction of sp³-hybridized carbons (Fsp3) is 0.364. The molecule has 1 rings (SSSR count). The lowest BCUT2D eigenvalue weighted by Crippen LogP contribution is -2.30. The molecule has 94 valence electrons. The van der Waals surface area contributed by atoms with Crippen molar-refractivity contribution in [2.75, 3.05) is 13.6 Å². The Kier molecular flexibility index (Phi) is 4.11. The van der Waals surface area contributed by atoms with Crippen LogP contribution in [0.5, 0.6) is 0 Å². The van der Waals surface area contributed by atoms with Gasteiger partial charge in [-0.1, -0.05) is 18.2 Å². The molecule has 0 atom stereocenters. The molecule has 2 N–H and O–H groups in total. The molecule has 0 unspecified atom stereocenters. The molecule has 0 radical (unpaired) electrons. The van der Waals surface area contributed by atoms with Gasteiger partial charge in [-0.2, -0.15) is 13.2 Å². The van der Waals surface area contributed by atoms with Crippen molar-refractivity contribution < 1.29 is 18.0 Å². The Balaban J connectivity index is 2.76. The summed E-state index contributed by atoms with van der Waals surface area (Å²) in [5.74, 6) is -0.514. The van der Waals surface area contributed by atoms with Crippen LogP contribution < -0.4 is 5.73 Å². The summed E-state index contributed by atoms with van der Waals surface area (Å²) >= 11 is 0. The maximum atomic E-state index is 12.4. The maximum Gasteiger partial charge on any atom is 0.416 e. The van der Waals surface area contributed by atoms with E-state index in [1.807, 2.05) is 0 Å². The summed E-state index contributed by atoms with van der Waals surface area (Å²) in [6.07, 6.45) is -4.35. The number of alkyl halides is 3. The second kappa shape index (κ2) is 5.18. The monoisotopic (exact) mass is 246 g/mol. The molecule has 0 aliphatic rings. The van der Waals surface area contributed by atoms with Gasteiger partial charge in [0.1, 0.15) is 0 Å². The number of amides is 1. The zero-order valence-corrected chi connectivity index (χ0v) is 9.29. The molecule has 3 nitrogen and oxygen atoms in total. The number of halogens is 3. The quantitative estimate of drug-likeness (QED) is 0.877. The molecule has 0 fully saturated rings. The van der Waals surface area contributed by atoms with Gasteiger partial charge in [-0.15, -0.1) is 0 Å². The van der Waals surface area contributed by atoms with Crippen LogP contribution in [0.25, 0.3) is 0 Å². The summed E-state index contributed by atoms with van der Waals surface area (Å²) in [7, 11) is 1.62. The van der Waals surface area contributed by atoms with Crippen LogP contribution in [0.15, 0.2) is 24.3 Å². The molecule has 0 saturated carbocycles. The van der Waals surface area contributed by atoms with Crippen molar-refractivity contribution in [3.8, 4) is 0 Å². The van der Waals surface area contributed by atoms with Crippen molar-refractivity contribution in [1.29, 1.82) is 0 Å². The molecule has 0 spiro atoms. The minimum atomic E-state index is -4.35. The molecule has 0 aromatic heterocycles. The van der Waals surface area contributed by atoms with E-state index in [1.165, 1.54) is 6.07 Å². The number of hydrogen-bond acceptors (Lipinski definition) is 2. The van der Waals surface area contributed by atoms with Gasteiger partial charge in [-0.3, -0.25) is 9.69 Å². The molecule has 0 bridgehead atoms. The fourth-order valence-electron chi connectivity index (χ4n) is 1.48. The van der Waals surface area contributed by atoms with Crippen molar-refractivity contribution in [2.45, 2.75) is 12.7 Å². The molecule has 1 aromatic carbocycles. The first-order valence-corrected chi connectivity index (χ1v) is 4.92. The summed E-state index contributed by atoms with van der Waals surface area (Å²) in [4.78, 5) is 12.2. The lowest BCUT2D eigenvalue weighted by Gasteiger charge is -2.15. The maximum absolute atomic E-state index is 12.4. The molecule has 0 saturated heterocycles. The molecule has 1 aromatic rings. The van der Waals surface area contributed by atoms with E-state index < -0.39 is 17.6 Å². The van der Waals surface area contributed by atoms with Gasteiger partial charge in [0.25, 0.3) is 0 Å². The fourth-order valence-corrected chi connectivity index (χ4v) is 1.48. The molecule has 6 heteroatoms. The highest BCUT2D eigenvalue weighted by atomic mass is 19.4. The van der Waals surface area contributed by atoms with E-state index in [1.54, 1.807) is 18.0 Å². The van der Waals surface area contributed by atoms with Crippen LogP contribution >= 0.6 is 0 Å². The number of primary amides is 1. The van der Waals surface area contributed by atoms with Crippen LogP contribution in [-0.4, -0.2) is 24.4 Å². The third-order valence-electron chi connectivity index (χ3n) is 2.13.